The van der Waals surface area contributed by atoms with Gasteiger partial charge in [0, 0.05) is 13.0 Å². The molecular weight excluding hydrogens is 729 g/mol. The quantitative estimate of drug-likeness (QED) is 0.145. The number of hydroxylamine groups is 4. The number of carbonyl (C=O) groups is 8. The molecule has 0 fully saturated rings. The predicted octanol–water partition coefficient (Wildman–Crippen LogP) is 4.51. The largest absolute Gasteiger partial charge is 0.444 e. The highest BCUT2D eigenvalue weighted by molar-refractivity contribution is 6.64. The van der Waals surface area contributed by atoms with Crippen LogP contribution in [0, 0.1) is 0 Å². The molecule has 0 aromatic heterocycles. The highest BCUT2D eigenvalue weighted by Gasteiger charge is 2.37. The molecule has 0 saturated heterocycles. The summed E-state index contributed by atoms with van der Waals surface area (Å²) in [6.07, 6.45) is -1.44. The Kier molecular flexibility index (Phi) is 17.5. The second-order valence-corrected chi connectivity index (χ2v) is 12.8. The van der Waals surface area contributed by atoms with Gasteiger partial charge in [-0.1, -0.05) is 24.3 Å². The highest BCUT2D eigenvalue weighted by atomic mass is 35.5. The molecule has 0 radical (unpaired) electrons. The number of benzene rings is 2. The average Bonchev–Trinajstić information content (AvgIpc) is 3.40. The van der Waals surface area contributed by atoms with E-state index in [-0.39, 0.29) is 56.1 Å². The van der Waals surface area contributed by atoms with Crippen molar-refractivity contribution in [1.29, 1.82) is 0 Å². The Morgan fingerprint density at radius 1 is 0.654 bits per heavy atom. The number of ether oxygens (including phenoxy) is 2. The molecule has 17 nitrogen and oxygen atoms in total. The van der Waals surface area contributed by atoms with Crippen LogP contribution in [0.2, 0.25) is 0 Å². The maximum Gasteiger partial charge on any atom is 0.415 e. The van der Waals surface area contributed by atoms with Gasteiger partial charge in [0.1, 0.15) is 11.2 Å². The van der Waals surface area contributed by atoms with Crippen LogP contribution in [0.5, 0.6) is 0 Å². The number of hydrogen-bond donors (Lipinski definition) is 3. The maximum atomic E-state index is 12.1. The lowest BCUT2D eigenvalue weighted by atomic mass is 10.1. The normalized spacial score (nSPS) is 13.0. The smallest absolute Gasteiger partial charge is 0.415 e. The molecule has 284 valence electrons. The summed E-state index contributed by atoms with van der Waals surface area (Å²) >= 11 is 4.85. The van der Waals surface area contributed by atoms with Crippen LogP contribution >= 0.6 is 24.0 Å². The predicted molar refractivity (Wildman–Crippen MR) is 186 cm³/mol. The minimum Gasteiger partial charge on any atom is -0.444 e. The molecule has 2 aliphatic rings. The van der Waals surface area contributed by atoms with Gasteiger partial charge < -0.3 is 15.2 Å². The summed E-state index contributed by atoms with van der Waals surface area (Å²) in [5.41, 5.74) is 5.24. The van der Waals surface area contributed by atoms with E-state index < -0.39 is 58.3 Å². The summed E-state index contributed by atoms with van der Waals surface area (Å²) in [5, 5.41) is 4.37. The number of nitrogens with two attached hydrogens (primary N) is 1. The van der Waals surface area contributed by atoms with Crippen molar-refractivity contribution in [2.24, 2.45) is 5.73 Å². The molecule has 2 aliphatic heterocycles. The van der Waals surface area contributed by atoms with Crippen molar-refractivity contribution in [3.8, 4) is 0 Å². The zero-order valence-electron chi connectivity index (χ0n) is 29.3. The first-order chi connectivity index (χ1) is 23.8. The van der Waals surface area contributed by atoms with Crippen LogP contribution in [-0.2, 0) is 23.9 Å². The van der Waals surface area contributed by atoms with E-state index in [0.717, 1.165) is 5.06 Å². The van der Waals surface area contributed by atoms with Crippen molar-refractivity contribution in [3.63, 3.8) is 0 Å². The second kappa shape index (κ2) is 20.2. The van der Waals surface area contributed by atoms with Gasteiger partial charge in [0.25, 0.3) is 23.6 Å². The Bertz CT molecular complexity index is 1590. The van der Waals surface area contributed by atoms with Gasteiger partial charge in [0.15, 0.2) is 0 Å². The SMILES string of the molecule is CC(C)(C)OC(=O)NC(=O)CCCON1C(=O)c2ccccc2C1=O.CC(C)(C)OC(=O)NC(=O)Cl.Cl.NCCON1C(=O)c2ccccc2C1=O. The molecule has 2 aromatic rings. The van der Waals surface area contributed by atoms with Crippen molar-refractivity contribution >= 4 is 71.1 Å². The molecule has 4 rings (SSSR count). The Labute approximate surface area is 310 Å². The second-order valence-electron chi connectivity index (χ2n) is 12.4. The molecule has 8 amide bonds. The fourth-order valence-corrected chi connectivity index (χ4v) is 4.04. The number of hydrogen-bond acceptors (Lipinski definition) is 13. The van der Waals surface area contributed by atoms with E-state index in [2.05, 4.69) is 5.32 Å². The number of alkyl carbamates (subject to hydrolysis) is 2. The molecule has 0 atom stereocenters. The lowest BCUT2D eigenvalue weighted by Gasteiger charge is -2.19. The topological polar surface area (TPSA) is 230 Å². The highest BCUT2D eigenvalue weighted by Crippen LogP contribution is 2.23. The van der Waals surface area contributed by atoms with Gasteiger partial charge in [-0.05, 0) is 83.8 Å². The third-order valence-electron chi connectivity index (χ3n) is 5.86. The van der Waals surface area contributed by atoms with E-state index in [1.807, 2.05) is 0 Å². The van der Waals surface area contributed by atoms with Crippen molar-refractivity contribution in [3.05, 3.63) is 70.8 Å². The summed E-state index contributed by atoms with van der Waals surface area (Å²) in [6, 6.07) is 13.0. The summed E-state index contributed by atoms with van der Waals surface area (Å²) in [7, 11) is 0. The third-order valence-corrected chi connectivity index (χ3v) is 5.95. The number of halogens is 2. The van der Waals surface area contributed by atoms with Crippen LogP contribution < -0.4 is 16.4 Å². The molecule has 0 spiro atoms. The number of amides is 8. The first-order valence-electron chi connectivity index (χ1n) is 15.4. The molecule has 0 aliphatic carbocycles. The molecular formula is C33H41Cl2N5O12. The monoisotopic (exact) mass is 769 g/mol. The molecule has 19 heteroatoms. The van der Waals surface area contributed by atoms with Crippen LogP contribution in [0.3, 0.4) is 0 Å². The van der Waals surface area contributed by atoms with Gasteiger partial charge in [-0.2, -0.15) is 0 Å². The number of nitrogens with zero attached hydrogens (tertiary/aromatic N) is 2. The first kappa shape index (κ1) is 45.1. The molecule has 2 heterocycles. The van der Waals surface area contributed by atoms with Gasteiger partial charge in [-0.3, -0.25) is 43.8 Å². The number of carbonyl (C=O) groups excluding carboxylic acids is 8. The van der Waals surface area contributed by atoms with Gasteiger partial charge in [-0.25, -0.2) is 14.9 Å². The Morgan fingerprint density at radius 2 is 1.00 bits per heavy atom. The summed E-state index contributed by atoms with van der Waals surface area (Å²) < 4.78 is 9.65. The van der Waals surface area contributed by atoms with Gasteiger partial charge in [0.05, 0.1) is 35.5 Å². The third kappa shape index (κ3) is 14.4. The van der Waals surface area contributed by atoms with E-state index in [4.69, 9.17) is 36.5 Å². The van der Waals surface area contributed by atoms with Crippen molar-refractivity contribution in [2.75, 3.05) is 19.8 Å². The van der Waals surface area contributed by atoms with Crippen LogP contribution in [0.25, 0.3) is 0 Å². The fraction of sp³-hybridized carbons (Fsp3) is 0.394. The molecule has 0 saturated carbocycles. The average molecular weight is 771 g/mol. The number of nitrogens with one attached hydrogen (secondary N) is 2. The molecule has 2 aromatic carbocycles. The van der Waals surface area contributed by atoms with Crippen molar-refractivity contribution < 1.29 is 57.5 Å². The van der Waals surface area contributed by atoms with Gasteiger partial charge >= 0.3 is 17.6 Å². The fourth-order valence-electron chi connectivity index (χ4n) is 3.97. The Hall–Kier alpha value is -4.94. The Balaban J connectivity index is 0.000000426. The summed E-state index contributed by atoms with van der Waals surface area (Å²) in [4.78, 5) is 101. The Morgan fingerprint density at radius 3 is 1.33 bits per heavy atom. The molecule has 52 heavy (non-hydrogen) atoms. The van der Waals surface area contributed by atoms with Crippen LogP contribution in [0.15, 0.2) is 48.5 Å². The molecule has 0 bridgehead atoms. The van der Waals surface area contributed by atoms with E-state index in [1.54, 1.807) is 95.4 Å². The number of imide groups is 4. The van der Waals surface area contributed by atoms with E-state index >= 15 is 0 Å². The summed E-state index contributed by atoms with van der Waals surface area (Å²) in [6.45, 7) is 10.5. The lowest BCUT2D eigenvalue weighted by molar-refractivity contribution is -0.122. The number of fused-ring (bicyclic) bond motifs is 2. The van der Waals surface area contributed by atoms with Crippen LogP contribution in [0.4, 0.5) is 14.4 Å². The standard InChI is InChI=1S/C17H20N2O6.C10H10N2O3.C6H10ClNO3.ClH/c1-17(2,3)25-16(23)18-13(20)9-6-10-24-19-14(21)11-7-4-5-8-12(11)15(19)22;11-5-6-15-12-9(13)7-3-1-2-4-8(7)10(12)14;1-6(2,3)11-5(10)8-4(7)9;/h4-5,7-8H,6,9-10H2,1-3H3,(H,18,20,23);1-4H,5-6,11H2;1-3H3,(H,8,9,10);1H. The van der Waals surface area contributed by atoms with Crippen molar-refractivity contribution in [1.82, 2.24) is 20.8 Å². The molecule has 4 N–H and O–H groups in total. The zero-order chi connectivity index (χ0) is 38.5. The number of rotatable bonds is 8. The van der Waals surface area contributed by atoms with E-state index in [1.165, 1.54) is 0 Å². The lowest BCUT2D eigenvalue weighted by Crippen LogP contribution is -2.36. The molecule has 0 unspecified atom stereocenters. The van der Waals surface area contributed by atoms with Crippen LogP contribution in [-0.4, -0.2) is 88.2 Å². The van der Waals surface area contributed by atoms with Gasteiger partial charge in [-0.15, -0.1) is 22.5 Å². The van der Waals surface area contributed by atoms with Crippen LogP contribution in [0.1, 0.15) is 95.8 Å². The first-order valence-corrected chi connectivity index (χ1v) is 15.8. The van der Waals surface area contributed by atoms with Gasteiger partial charge in [0.2, 0.25) is 5.91 Å². The zero-order valence-corrected chi connectivity index (χ0v) is 30.9. The minimum atomic E-state index is -0.945. The van der Waals surface area contributed by atoms with E-state index in [0.29, 0.717) is 16.2 Å². The maximum absolute atomic E-state index is 12.1. The minimum absolute atomic E-state index is 0. The summed E-state index contributed by atoms with van der Waals surface area (Å²) in [5.74, 6) is -2.44. The van der Waals surface area contributed by atoms with E-state index in [9.17, 15) is 38.4 Å². The van der Waals surface area contributed by atoms with Crippen molar-refractivity contribution in [2.45, 2.75) is 65.6 Å².